The molecule has 2 heterocycles. The third kappa shape index (κ3) is 3.60. The van der Waals surface area contributed by atoms with Crippen LogP contribution in [0.15, 0.2) is 41.1 Å². The van der Waals surface area contributed by atoms with Crippen LogP contribution in [-0.2, 0) is 4.74 Å². The standard InChI is InChI=1S/C18H15BrFN5O3/c19-11-1-2-14(13(20)7-11)23-18-12-8-17(25(26)27)16(9-15(12)21-10-22-18)24-3-5-28-6-4-24/h1-2,7-10H,3-6H2,(H,21,22,23). The first kappa shape index (κ1) is 18.5. The fourth-order valence-corrected chi connectivity index (χ4v) is 3.44. The van der Waals surface area contributed by atoms with E-state index in [9.17, 15) is 14.5 Å². The van der Waals surface area contributed by atoms with E-state index < -0.39 is 10.7 Å². The average Bonchev–Trinajstić information content (AvgIpc) is 2.70. The number of morpholine rings is 1. The summed E-state index contributed by atoms with van der Waals surface area (Å²) in [6, 6.07) is 7.67. The molecule has 0 amide bonds. The van der Waals surface area contributed by atoms with Crippen molar-refractivity contribution in [2.24, 2.45) is 0 Å². The molecule has 0 bridgehead atoms. The number of halogens is 2. The molecule has 0 radical (unpaired) electrons. The van der Waals surface area contributed by atoms with Crippen molar-refractivity contribution in [3.63, 3.8) is 0 Å². The van der Waals surface area contributed by atoms with Gasteiger partial charge < -0.3 is 15.0 Å². The Balaban J connectivity index is 1.80. The molecule has 4 rings (SSSR count). The Bertz CT molecular complexity index is 1060. The lowest BCUT2D eigenvalue weighted by Gasteiger charge is -2.28. The van der Waals surface area contributed by atoms with Gasteiger partial charge in [-0.1, -0.05) is 15.9 Å². The van der Waals surface area contributed by atoms with Gasteiger partial charge in [0.1, 0.15) is 23.6 Å². The highest BCUT2D eigenvalue weighted by molar-refractivity contribution is 9.10. The molecule has 1 N–H and O–H groups in total. The average molecular weight is 448 g/mol. The highest BCUT2D eigenvalue weighted by Crippen LogP contribution is 2.36. The molecule has 1 fully saturated rings. The maximum atomic E-state index is 14.2. The summed E-state index contributed by atoms with van der Waals surface area (Å²) in [4.78, 5) is 21.6. The van der Waals surface area contributed by atoms with Crippen LogP contribution in [0.3, 0.4) is 0 Å². The zero-order valence-electron chi connectivity index (χ0n) is 14.6. The van der Waals surface area contributed by atoms with E-state index in [-0.39, 0.29) is 11.4 Å². The Kier molecular flexibility index (Phi) is 5.05. The second-order valence-corrected chi connectivity index (χ2v) is 7.10. The molecule has 2 aromatic carbocycles. The predicted molar refractivity (Wildman–Crippen MR) is 107 cm³/mol. The topological polar surface area (TPSA) is 93.4 Å². The van der Waals surface area contributed by atoms with Crippen molar-refractivity contribution in [3.8, 4) is 0 Å². The minimum atomic E-state index is -0.472. The number of hydrogen-bond acceptors (Lipinski definition) is 7. The number of nitro benzene ring substituents is 1. The zero-order valence-corrected chi connectivity index (χ0v) is 16.1. The number of aromatic nitrogens is 2. The number of nitrogens with one attached hydrogen (secondary N) is 1. The third-order valence-corrected chi connectivity index (χ3v) is 4.96. The van der Waals surface area contributed by atoms with E-state index in [2.05, 4.69) is 31.2 Å². The van der Waals surface area contributed by atoms with E-state index in [1.54, 1.807) is 18.2 Å². The van der Waals surface area contributed by atoms with Crippen LogP contribution in [0.2, 0.25) is 0 Å². The quantitative estimate of drug-likeness (QED) is 0.476. The SMILES string of the molecule is O=[N+]([O-])c1cc2c(Nc3ccc(Br)cc3F)ncnc2cc1N1CCOCC1. The Morgan fingerprint density at radius 2 is 2.00 bits per heavy atom. The molecule has 1 aliphatic rings. The van der Waals surface area contributed by atoms with Crippen LogP contribution < -0.4 is 10.2 Å². The van der Waals surface area contributed by atoms with Crippen molar-refractivity contribution in [1.29, 1.82) is 0 Å². The maximum absolute atomic E-state index is 14.2. The first-order valence-corrected chi connectivity index (χ1v) is 9.30. The van der Waals surface area contributed by atoms with Gasteiger partial charge in [0.2, 0.25) is 0 Å². The van der Waals surface area contributed by atoms with E-state index in [1.807, 2.05) is 4.90 Å². The van der Waals surface area contributed by atoms with Crippen LogP contribution in [0.25, 0.3) is 10.9 Å². The molecule has 8 nitrogen and oxygen atoms in total. The molecule has 0 spiro atoms. The summed E-state index contributed by atoms with van der Waals surface area (Å²) in [6.45, 7) is 2.14. The maximum Gasteiger partial charge on any atom is 0.293 e. The summed E-state index contributed by atoms with van der Waals surface area (Å²) < 4.78 is 20.1. The van der Waals surface area contributed by atoms with Gasteiger partial charge in [0, 0.05) is 29.0 Å². The van der Waals surface area contributed by atoms with Gasteiger partial charge in [-0.3, -0.25) is 10.1 Å². The molecule has 144 valence electrons. The smallest absolute Gasteiger partial charge is 0.293 e. The van der Waals surface area contributed by atoms with Gasteiger partial charge in [-0.25, -0.2) is 14.4 Å². The Labute approximate surface area is 167 Å². The van der Waals surface area contributed by atoms with E-state index in [0.717, 1.165) is 0 Å². The number of nitro groups is 1. The lowest BCUT2D eigenvalue weighted by atomic mass is 10.1. The minimum absolute atomic E-state index is 0.0523. The molecule has 0 atom stereocenters. The van der Waals surface area contributed by atoms with Crippen molar-refractivity contribution >= 4 is 49.7 Å². The van der Waals surface area contributed by atoms with Crippen LogP contribution >= 0.6 is 15.9 Å². The van der Waals surface area contributed by atoms with Crippen LogP contribution in [-0.4, -0.2) is 41.2 Å². The lowest BCUT2D eigenvalue weighted by Crippen LogP contribution is -2.36. The highest BCUT2D eigenvalue weighted by atomic mass is 79.9. The normalized spacial score (nSPS) is 14.3. The van der Waals surface area contributed by atoms with E-state index in [4.69, 9.17) is 4.74 Å². The van der Waals surface area contributed by atoms with Gasteiger partial charge in [0.05, 0.1) is 29.3 Å². The Morgan fingerprint density at radius 1 is 1.21 bits per heavy atom. The van der Waals surface area contributed by atoms with E-state index in [1.165, 1.54) is 18.5 Å². The Morgan fingerprint density at radius 3 is 2.71 bits per heavy atom. The molecular formula is C18H15BrFN5O3. The molecule has 0 aliphatic carbocycles. The van der Waals surface area contributed by atoms with Crippen molar-refractivity contribution < 1.29 is 14.1 Å². The molecule has 1 aliphatic heterocycles. The summed E-state index contributed by atoms with van der Waals surface area (Å²) in [5.41, 5.74) is 1.18. The lowest BCUT2D eigenvalue weighted by molar-refractivity contribution is -0.384. The first-order valence-electron chi connectivity index (χ1n) is 8.51. The van der Waals surface area contributed by atoms with Crippen LogP contribution in [0.4, 0.5) is 27.3 Å². The zero-order chi connectivity index (χ0) is 19.7. The second kappa shape index (κ2) is 7.64. The largest absolute Gasteiger partial charge is 0.378 e. The van der Waals surface area contributed by atoms with Gasteiger partial charge in [0.25, 0.3) is 5.69 Å². The summed E-state index contributed by atoms with van der Waals surface area (Å²) in [6.07, 6.45) is 1.34. The van der Waals surface area contributed by atoms with Crippen LogP contribution in [0.1, 0.15) is 0 Å². The fourth-order valence-electron chi connectivity index (χ4n) is 3.10. The van der Waals surface area contributed by atoms with Gasteiger partial charge in [-0.05, 0) is 24.3 Å². The predicted octanol–water partition coefficient (Wildman–Crippen LogP) is 4.02. The van der Waals surface area contributed by atoms with E-state index >= 15 is 0 Å². The number of benzene rings is 2. The molecule has 3 aromatic rings. The summed E-state index contributed by atoms with van der Waals surface area (Å²) >= 11 is 3.21. The number of anilines is 3. The summed E-state index contributed by atoms with van der Waals surface area (Å²) in [5.74, 6) is -0.177. The van der Waals surface area contributed by atoms with Crippen molar-refractivity contribution in [1.82, 2.24) is 9.97 Å². The van der Waals surface area contributed by atoms with Crippen molar-refractivity contribution in [2.45, 2.75) is 0 Å². The monoisotopic (exact) mass is 447 g/mol. The number of fused-ring (bicyclic) bond motifs is 1. The number of rotatable bonds is 4. The molecule has 1 saturated heterocycles. The molecule has 1 aromatic heterocycles. The number of nitrogens with zero attached hydrogens (tertiary/aromatic N) is 4. The summed E-state index contributed by atoms with van der Waals surface area (Å²) in [5, 5.41) is 15.0. The molecule has 0 saturated carbocycles. The molecule has 28 heavy (non-hydrogen) atoms. The van der Waals surface area contributed by atoms with Crippen molar-refractivity contribution in [3.05, 3.63) is 57.1 Å². The van der Waals surface area contributed by atoms with Crippen molar-refractivity contribution in [2.75, 3.05) is 36.5 Å². The highest BCUT2D eigenvalue weighted by Gasteiger charge is 2.24. The number of ether oxygens (including phenoxy) is 1. The van der Waals surface area contributed by atoms with Crippen LogP contribution in [0, 0.1) is 15.9 Å². The third-order valence-electron chi connectivity index (χ3n) is 4.46. The fraction of sp³-hybridized carbons (Fsp3) is 0.222. The Hall–Kier alpha value is -2.85. The van der Waals surface area contributed by atoms with Gasteiger partial charge in [0.15, 0.2) is 0 Å². The molecule has 10 heteroatoms. The molecular weight excluding hydrogens is 433 g/mol. The van der Waals surface area contributed by atoms with Crippen LogP contribution in [0.5, 0.6) is 0 Å². The summed E-state index contributed by atoms with van der Waals surface area (Å²) in [7, 11) is 0. The second-order valence-electron chi connectivity index (χ2n) is 6.19. The number of hydrogen-bond donors (Lipinski definition) is 1. The van der Waals surface area contributed by atoms with Gasteiger partial charge in [-0.15, -0.1) is 0 Å². The van der Waals surface area contributed by atoms with E-state index in [0.29, 0.717) is 53.2 Å². The first-order chi connectivity index (χ1) is 13.5. The van der Waals surface area contributed by atoms with Gasteiger partial charge >= 0.3 is 0 Å². The van der Waals surface area contributed by atoms with Gasteiger partial charge in [-0.2, -0.15) is 0 Å². The minimum Gasteiger partial charge on any atom is -0.378 e. The molecule has 0 unspecified atom stereocenters.